The second kappa shape index (κ2) is 7.77. The highest BCUT2D eigenvalue weighted by molar-refractivity contribution is 6.00. The number of carbonyl (C=O) groups is 2. The summed E-state index contributed by atoms with van der Waals surface area (Å²) >= 11 is 0. The lowest BCUT2D eigenvalue weighted by Gasteiger charge is -2.10. The van der Waals surface area contributed by atoms with Crippen LogP contribution in [-0.2, 0) is 11.8 Å². The molecule has 0 radical (unpaired) electrons. The van der Waals surface area contributed by atoms with Crippen LogP contribution in [0.25, 0.3) is 11.3 Å². The Hall–Kier alpha value is -3.23. The van der Waals surface area contributed by atoms with Crippen LogP contribution in [0.5, 0.6) is 11.5 Å². The monoisotopic (exact) mass is 360 g/mol. The van der Waals surface area contributed by atoms with Gasteiger partial charge in [0.2, 0.25) is 0 Å². The van der Waals surface area contributed by atoms with E-state index in [1.165, 1.54) is 4.68 Å². The molecule has 0 atom stereocenters. The number of hydrogen-bond donors (Lipinski definition) is 2. The molecular formula is C17H20N4O5. The number of nitrogens with one attached hydrogen (secondary N) is 2. The molecule has 1 aromatic heterocycles. The molecule has 9 heteroatoms. The summed E-state index contributed by atoms with van der Waals surface area (Å²) in [7, 11) is 1.71. The maximum Gasteiger partial charge on any atom is 0.426 e. The molecule has 0 fully saturated rings. The van der Waals surface area contributed by atoms with Crippen LogP contribution in [0.2, 0.25) is 0 Å². The largest absolute Gasteiger partial charge is 0.490 e. The van der Waals surface area contributed by atoms with Gasteiger partial charge < -0.3 is 14.2 Å². The fourth-order valence-electron chi connectivity index (χ4n) is 2.52. The zero-order valence-corrected chi connectivity index (χ0v) is 14.6. The van der Waals surface area contributed by atoms with Gasteiger partial charge in [0.25, 0.3) is 5.91 Å². The zero-order chi connectivity index (χ0) is 18.5. The molecule has 0 bridgehead atoms. The van der Waals surface area contributed by atoms with Crippen molar-refractivity contribution in [3.63, 3.8) is 0 Å². The van der Waals surface area contributed by atoms with Crippen LogP contribution in [0.1, 0.15) is 23.7 Å². The predicted molar refractivity (Wildman–Crippen MR) is 91.9 cm³/mol. The molecular weight excluding hydrogens is 340 g/mol. The highest BCUT2D eigenvalue weighted by Crippen LogP contribution is 2.34. The molecule has 0 aliphatic carbocycles. The van der Waals surface area contributed by atoms with Crippen molar-refractivity contribution >= 4 is 12.0 Å². The lowest BCUT2D eigenvalue weighted by atomic mass is 10.1. The summed E-state index contributed by atoms with van der Waals surface area (Å²) in [5, 5.41) is 4.35. The van der Waals surface area contributed by atoms with E-state index in [0.717, 1.165) is 6.42 Å². The van der Waals surface area contributed by atoms with Gasteiger partial charge in [-0.2, -0.15) is 5.10 Å². The molecule has 0 saturated carbocycles. The molecule has 0 spiro atoms. The van der Waals surface area contributed by atoms with E-state index in [1.54, 1.807) is 32.3 Å². The highest BCUT2D eigenvalue weighted by Gasteiger charge is 2.20. The third-order valence-corrected chi connectivity index (χ3v) is 3.65. The first kappa shape index (κ1) is 17.6. The fourth-order valence-corrected chi connectivity index (χ4v) is 2.52. The van der Waals surface area contributed by atoms with Crippen LogP contribution >= 0.6 is 0 Å². The lowest BCUT2D eigenvalue weighted by molar-refractivity contribution is 0.0913. The van der Waals surface area contributed by atoms with Crippen molar-refractivity contribution in [2.24, 2.45) is 7.05 Å². The van der Waals surface area contributed by atoms with E-state index in [-0.39, 0.29) is 6.61 Å². The normalized spacial score (nSPS) is 12.8. The Morgan fingerprint density at radius 3 is 2.77 bits per heavy atom. The first-order chi connectivity index (χ1) is 12.6. The van der Waals surface area contributed by atoms with Crippen LogP contribution in [-0.4, -0.2) is 41.6 Å². The lowest BCUT2D eigenvalue weighted by Crippen LogP contribution is -2.42. The Kier molecular flexibility index (Phi) is 5.26. The van der Waals surface area contributed by atoms with Crippen LogP contribution < -0.4 is 20.3 Å². The second-order valence-electron chi connectivity index (χ2n) is 5.58. The molecule has 9 nitrogen and oxygen atoms in total. The van der Waals surface area contributed by atoms with E-state index in [4.69, 9.17) is 14.2 Å². The summed E-state index contributed by atoms with van der Waals surface area (Å²) in [4.78, 5) is 23.7. The summed E-state index contributed by atoms with van der Waals surface area (Å²) in [6, 6.07) is 5.40. The minimum atomic E-state index is -0.734. The van der Waals surface area contributed by atoms with Gasteiger partial charge >= 0.3 is 6.09 Å². The fraction of sp³-hybridized carbons (Fsp3) is 0.353. The summed E-state index contributed by atoms with van der Waals surface area (Å²) in [6.07, 6.45) is 1.64. The number of rotatable bonds is 3. The Morgan fingerprint density at radius 2 is 2.00 bits per heavy atom. The van der Waals surface area contributed by atoms with Gasteiger partial charge in [0.05, 0.1) is 25.4 Å². The molecule has 3 rings (SSSR count). The van der Waals surface area contributed by atoms with E-state index in [1.807, 2.05) is 6.07 Å². The first-order valence-corrected chi connectivity index (χ1v) is 8.25. The molecule has 2 N–H and O–H groups in total. The Labute approximate surface area is 150 Å². The number of fused-ring (bicyclic) bond motifs is 1. The van der Waals surface area contributed by atoms with Gasteiger partial charge in [0, 0.05) is 25.2 Å². The SMILES string of the molecule is CCOC(=O)NNC(=O)c1cn(C)nc1-c1ccc2c(c1)OCCCO2. The van der Waals surface area contributed by atoms with Gasteiger partial charge in [-0.1, -0.05) is 0 Å². The van der Waals surface area contributed by atoms with E-state index < -0.39 is 12.0 Å². The number of amides is 2. The minimum Gasteiger partial charge on any atom is -0.490 e. The molecule has 26 heavy (non-hydrogen) atoms. The quantitative estimate of drug-likeness (QED) is 0.807. The van der Waals surface area contributed by atoms with Crippen molar-refractivity contribution in [2.45, 2.75) is 13.3 Å². The van der Waals surface area contributed by atoms with E-state index in [9.17, 15) is 9.59 Å². The second-order valence-corrected chi connectivity index (χ2v) is 5.58. The Bertz CT molecular complexity index is 817. The predicted octanol–water partition coefficient (Wildman–Crippen LogP) is 1.64. The average molecular weight is 360 g/mol. The van der Waals surface area contributed by atoms with E-state index >= 15 is 0 Å². The van der Waals surface area contributed by atoms with Gasteiger partial charge in [-0.3, -0.25) is 14.9 Å². The number of carbonyl (C=O) groups excluding carboxylic acids is 2. The van der Waals surface area contributed by atoms with Crippen molar-refractivity contribution in [2.75, 3.05) is 19.8 Å². The smallest absolute Gasteiger partial charge is 0.426 e. The number of nitrogens with zero attached hydrogens (tertiary/aromatic N) is 2. The molecule has 2 aromatic rings. The maximum atomic E-state index is 12.4. The van der Waals surface area contributed by atoms with Gasteiger partial charge in [0.1, 0.15) is 5.69 Å². The van der Waals surface area contributed by atoms with E-state index in [2.05, 4.69) is 16.0 Å². The molecule has 0 unspecified atom stereocenters. The number of hydrogen-bond acceptors (Lipinski definition) is 6. The number of aromatic nitrogens is 2. The molecule has 1 aromatic carbocycles. The third kappa shape index (κ3) is 3.88. The molecule has 0 saturated heterocycles. The van der Waals surface area contributed by atoms with Crippen LogP contribution in [0.4, 0.5) is 4.79 Å². The highest BCUT2D eigenvalue weighted by atomic mass is 16.6. The minimum absolute atomic E-state index is 0.205. The molecule has 138 valence electrons. The molecule has 1 aliphatic rings. The van der Waals surface area contributed by atoms with Crippen molar-refractivity contribution in [1.82, 2.24) is 20.6 Å². The summed E-state index contributed by atoms with van der Waals surface area (Å²) in [5.74, 6) is 0.770. The van der Waals surface area contributed by atoms with Crippen molar-refractivity contribution in [3.8, 4) is 22.8 Å². The van der Waals surface area contributed by atoms with Crippen molar-refractivity contribution in [3.05, 3.63) is 30.0 Å². The summed E-state index contributed by atoms with van der Waals surface area (Å²) in [6.45, 7) is 3.04. The Balaban J connectivity index is 1.84. The third-order valence-electron chi connectivity index (χ3n) is 3.65. The number of ether oxygens (including phenoxy) is 3. The van der Waals surface area contributed by atoms with Crippen LogP contribution in [0.15, 0.2) is 24.4 Å². The van der Waals surface area contributed by atoms with Gasteiger partial charge in [0.15, 0.2) is 11.5 Å². The first-order valence-electron chi connectivity index (χ1n) is 8.25. The summed E-state index contributed by atoms with van der Waals surface area (Å²) < 4.78 is 17.5. The van der Waals surface area contributed by atoms with Crippen LogP contribution in [0.3, 0.4) is 0 Å². The van der Waals surface area contributed by atoms with Gasteiger partial charge in [-0.05, 0) is 25.1 Å². The van der Waals surface area contributed by atoms with Gasteiger partial charge in [-0.25, -0.2) is 10.2 Å². The summed E-state index contributed by atoms with van der Waals surface area (Å²) in [5.41, 5.74) is 5.97. The number of benzene rings is 1. The van der Waals surface area contributed by atoms with Crippen molar-refractivity contribution < 1.29 is 23.8 Å². The number of hydrazine groups is 1. The van der Waals surface area contributed by atoms with Gasteiger partial charge in [-0.15, -0.1) is 0 Å². The Morgan fingerprint density at radius 1 is 1.23 bits per heavy atom. The van der Waals surface area contributed by atoms with E-state index in [0.29, 0.717) is 41.5 Å². The maximum absolute atomic E-state index is 12.4. The van der Waals surface area contributed by atoms with Crippen molar-refractivity contribution in [1.29, 1.82) is 0 Å². The molecule has 2 heterocycles. The molecule has 1 aliphatic heterocycles. The van der Waals surface area contributed by atoms with Crippen LogP contribution in [0, 0.1) is 0 Å². The topological polar surface area (TPSA) is 104 Å². The number of aryl methyl sites for hydroxylation is 1. The standard InChI is InChI=1S/C17H20N4O5/c1-3-24-17(23)19-18-16(22)12-10-21(2)20-15(12)11-5-6-13-14(9-11)26-8-4-7-25-13/h5-6,9-10H,3-4,7-8H2,1-2H3,(H,18,22)(H,19,23). The zero-order valence-electron chi connectivity index (χ0n) is 14.6. The average Bonchev–Trinajstić information content (AvgIpc) is 2.87. The molecule has 2 amide bonds.